The van der Waals surface area contributed by atoms with E-state index in [2.05, 4.69) is 5.32 Å². The summed E-state index contributed by atoms with van der Waals surface area (Å²) in [5.74, 6) is 0.827. The van der Waals surface area contributed by atoms with Gasteiger partial charge in [-0.25, -0.2) is 0 Å². The van der Waals surface area contributed by atoms with Crippen LogP contribution in [0.5, 0.6) is 0 Å². The summed E-state index contributed by atoms with van der Waals surface area (Å²) in [5, 5.41) is 4.16. The van der Waals surface area contributed by atoms with Gasteiger partial charge in [0, 0.05) is 28.6 Å². The SMILES string of the molecule is CCS(=O)C1CCCCC1NC1CCC1. The Morgan fingerprint density at radius 1 is 1.13 bits per heavy atom. The standard InChI is InChI=1S/C12H23NOS/c1-2-15(14)12-9-4-3-8-11(12)13-10-6-5-7-10/h10-13H,2-9H2,1H3. The summed E-state index contributed by atoms with van der Waals surface area (Å²) in [6.45, 7) is 2.05. The van der Waals surface area contributed by atoms with Crippen molar-refractivity contribution in [3.63, 3.8) is 0 Å². The molecule has 2 saturated carbocycles. The summed E-state index contributed by atoms with van der Waals surface area (Å²) in [5.41, 5.74) is 0. The second kappa shape index (κ2) is 5.44. The van der Waals surface area contributed by atoms with E-state index in [1.165, 1.54) is 44.9 Å². The lowest BCUT2D eigenvalue weighted by atomic mass is 9.89. The Morgan fingerprint density at radius 2 is 1.87 bits per heavy atom. The Labute approximate surface area is 95.7 Å². The maximum atomic E-state index is 11.9. The molecule has 0 saturated heterocycles. The van der Waals surface area contributed by atoms with Crippen molar-refractivity contribution < 1.29 is 4.21 Å². The Hall–Kier alpha value is 0.110. The molecule has 88 valence electrons. The van der Waals surface area contributed by atoms with E-state index in [4.69, 9.17) is 0 Å². The fourth-order valence-corrected chi connectivity index (χ4v) is 4.13. The number of hydrogen-bond donors (Lipinski definition) is 1. The molecule has 0 bridgehead atoms. The van der Waals surface area contributed by atoms with E-state index in [-0.39, 0.29) is 0 Å². The summed E-state index contributed by atoms with van der Waals surface area (Å²) in [6, 6.07) is 1.29. The van der Waals surface area contributed by atoms with E-state index < -0.39 is 10.8 Å². The third kappa shape index (κ3) is 2.82. The molecule has 0 radical (unpaired) electrons. The highest BCUT2D eigenvalue weighted by molar-refractivity contribution is 7.85. The molecule has 0 amide bonds. The number of hydrogen-bond acceptors (Lipinski definition) is 2. The highest BCUT2D eigenvalue weighted by Gasteiger charge is 2.31. The van der Waals surface area contributed by atoms with Crippen molar-refractivity contribution in [2.24, 2.45) is 0 Å². The first-order valence-electron chi connectivity index (χ1n) is 6.44. The van der Waals surface area contributed by atoms with Gasteiger partial charge < -0.3 is 5.32 Å². The van der Waals surface area contributed by atoms with Gasteiger partial charge in [0.2, 0.25) is 0 Å². The van der Waals surface area contributed by atoms with Gasteiger partial charge in [-0.2, -0.15) is 0 Å². The maximum Gasteiger partial charge on any atom is 0.0501 e. The van der Waals surface area contributed by atoms with Gasteiger partial charge in [0.15, 0.2) is 0 Å². The van der Waals surface area contributed by atoms with Crippen molar-refractivity contribution in [2.45, 2.75) is 69.2 Å². The normalized spacial score (nSPS) is 34.7. The predicted molar refractivity (Wildman–Crippen MR) is 65.5 cm³/mol. The van der Waals surface area contributed by atoms with Crippen molar-refractivity contribution in [2.75, 3.05) is 5.75 Å². The van der Waals surface area contributed by atoms with Gasteiger partial charge in [-0.05, 0) is 25.7 Å². The average molecular weight is 229 g/mol. The Kier molecular flexibility index (Phi) is 4.21. The molecule has 0 aromatic carbocycles. The quantitative estimate of drug-likeness (QED) is 0.801. The minimum Gasteiger partial charge on any atom is -0.310 e. The Morgan fingerprint density at radius 3 is 2.47 bits per heavy atom. The summed E-state index contributed by atoms with van der Waals surface area (Å²) in [4.78, 5) is 0. The van der Waals surface area contributed by atoms with Gasteiger partial charge in [0.25, 0.3) is 0 Å². The van der Waals surface area contributed by atoms with E-state index in [0.717, 1.165) is 11.8 Å². The van der Waals surface area contributed by atoms with Crippen LogP contribution in [0.4, 0.5) is 0 Å². The predicted octanol–water partition coefficient (Wildman–Crippen LogP) is 2.21. The van der Waals surface area contributed by atoms with Crippen LogP contribution in [-0.2, 0) is 10.8 Å². The first-order chi connectivity index (χ1) is 7.31. The molecular weight excluding hydrogens is 206 g/mol. The first kappa shape index (κ1) is 11.6. The summed E-state index contributed by atoms with van der Waals surface area (Å²) >= 11 is 0. The zero-order valence-corrected chi connectivity index (χ0v) is 10.5. The van der Waals surface area contributed by atoms with Gasteiger partial charge in [-0.1, -0.05) is 26.2 Å². The van der Waals surface area contributed by atoms with Crippen LogP contribution in [0.3, 0.4) is 0 Å². The molecule has 2 rings (SSSR count). The minimum absolute atomic E-state index is 0.435. The van der Waals surface area contributed by atoms with Crippen LogP contribution < -0.4 is 5.32 Å². The zero-order chi connectivity index (χ0) is 10.7. The largest absolute Gasteiger partial charge is 0.310 e. The zero-order valence-electron chi connectivity index (χ0n) is 9.71. The van der Waals surface area contributed by atoms with Gasteiger partial charge in [0.05, 0.1) is 5.25 Å². The minimum atomic E-state index is -0.600. The first-order valence-corrected chi connectivity index (χ1v) is 7.82. The van der Waals surface area contributed by atoms with E-state index >= 15 is 0 Å². The van der Waals surface area contributed by atoms with E-state index in [1.807, 2.05) is 6.92 Å². The van der Waals surface area contributed by atoms with Crippen molar-refractivity contribution in [3.05, 3.63) is 0 Å². The molecule has 0 aliphatic heterocycles. The fraction of sp³-hybridized carbons (Fsp3) is 1.00. The highest BCUT2D eigenvalue weighted by atomic mass is 32.2. The van der Waals surface area contributed by atoms with Crippen molar-refractivity contribution in [1.82, 2.24) is 5.32 Å². The van der Waals surface area contributed by atoms with Gasteiger partial charge in [-0.15, -0.1) is 0 Å². The van der Waals surface area contributed by atoms with Crippen LogP contribution in [0.15, 0.2) is 0 Å². The average Bonchev–Trinajstić information content (AvgIpc) is 2.23. The van der Waals surface area contributed by atoms with Crippen molar-refractivity contribution in [3.8, 4) is 0 Å². The van der Waals surface area contributed by atoms with Crippen LogP contribution in [0.1, 0.15) is 51.9 Å². The molecule has 2 fully saturated rings. The van der Waals surface area contributed by atoms with Gasteiger partial charge >= 0.3 is 0 Å². The molecule has 3 atom stereocenters. The molecule has 2 aliphatic carbocycles. The van der Waals surface area contributed by atoms with E-state index in [9.17, 15) is 4.21 Å². The van der Waals surface area contributed by atoms with Crippen LogP contribution in [0.25, 0.3) is 0 Å². The van der Waals surface area contributed by atoms with Crippen LogP contribution in [-0.4, -0.2) is 27.3 Å². The molecule has 0 aromatic heterocycles. The lowest BCUT2D eigenvalue weighted by molar-refractivity contribution is 0.269. The smallest absolute Gasteiger partial charge is 0.0501 e. The molecule has 0 aromatic rings. The molecular formula is C12H23NOS. The molecule has 3 heteroatoms. The molecule has 3 unspecified atom stereocenters. The van der Waals surface area contributed by atoms with Gasteiger partial charge in [-0.3, -0.25) is 4.21 Å². The third-order valence-electron chi connectivity index (χ3n) is 3.88. The van der Waals surface area contributed by atoms with Crippen LogP contribution in [0, 0.1) is 0 Å². The molecule has 15 heavy (non-hydrogen) atoms. The molecule has 0 heterocycles. The summed E-state index contributed by atoms with van der Waals surface area (Å²) < 4.78 is 11.9. The topological polar surface area (TPSA) is 29.1 Å². The molecule has 0 spiro atoms. The number of nitrogens with one attached hydrogen (secondary N) is 1. The lowest BCUT2D eigenvalue weighted by Crippen LogP contribution is -2.50. The molecule has 2 nitrogen and oxygen atoms in total. The second-order valence-corrected chi connectivity index (χ2v) is 6.84. The summed E-state index contributed by atoms with van der Waals surface area (Å²) in [7, 11) is -0.600. The molecule has 1 N–H and O–H groups in total. The molecule has 2 aliphatic rings. The van der Waals surface area contributed by atoms with Crippen LogP contribution >= 0.6 is 0 Å². The van der Waals surface area contributed by atoms with Gasteiger partial charge in [0.1, 0.15) is 0 Å². The second-order valence-electron chi connectivity index (χ2n) is 4.89. The monoisotopic (exact) mass is 229 g/mol. The fourth-order valence-electron chi connectivity index (χ4n) is 2.69. The van der Waals surface area contributed by atoms with Crippen molar-refractivity contribution in [1.29, 1.82) is 0 Å². The third-order valence-corrected chi connectivity index (χ3v) is 5.69. The lowest BCUT2D eigenvalue weighted by Gasteiger charge is -2.37. The van der Waals surface area contributed by atoms with E-state index in [0.29, 0.717) is 11.3 Å². The maximum absolute atomic E-state index is 11.9. The summed E-state index contributed by atoms with van der Waals surface area (Å²) in [6.07, 6.45) is 9.06. The Bertz CT molecular complexity index is 228. The van der Waals surface area contributed by atoms with Crippen LogP contribution in [0.2, 0.25) is 0 Å². The van der Waals surface area contributed by atoms with Crippen molar-refractivity contribution >= 4 is 10.8 Å². The van der Waals surface area contributed by atoms with E-state index in [1.54, 1.807) is 0 Å². The Balaban J connectivity index is 1.89. The number of rotatable bonds is 4. The highest BCUT2D eigenvalue weighted by Crippen LogP contribution is 2.26.